The summed E-state index contributed by atoms with van der Waals surface area (Å²) in [6, 6.07) is 14.0. The number of benzene rings is 2. The minimum Gasteiger partial charge on any atom is -0.369 e. The molecule has 0 saturated carbocycles. The molecular weight excluding hydrogens is 276 g/mol. The molecule has 3 N–H and O–H groups in total. The molecule has 1 aromatic heterocycles. The molecule has 0 spiro atoms. The number of carbonyl (C=O) groups excluding carboxylic acids is 1. The molecule has 0 aliphatic carbocycles. The molecule has 0 aliphatic rings. The van der Waals surface area contributed by atoms with Crippen LogP contribution < -0.4 is 11.1 Å². The first-order valence-electron chi connectivity index (χ1n) is 7.17. The van der Waals surface area contributed by atoms with Crippen LogP contribution in [0.1, 0.15) is 11.1 Å². The SMILES string of the molecule is CNCc1cccc(-n2cc3cccc(CC(N)=O)c3n2)c1. The summed E-state index contributed by atoms with van der Waals surface area (Å²) in [5, 5.41) is 8.76. The molecule has 0 fully saturated rings. The van der Waals surface area contributed by atoms with Gasteiger partial charge in [0.1, 0.15) is 0 Å². The normalized spacial score (nSPS) is 11.0. The summed E-state index contributed by atoms with van der Waals surface area (Å²) in [6.07, 6.45) is 2.17. The van der Waals surface area contributed by atoms with Gasteiger partial charge in [-0.15, -0.1) is 0 Å². The van der Waals surface area contributed by atoms with Crippen molar-refractivity contribution >= 4 is 16.8 Å². The van der Waals surface area contributed by atoms with Gasteiger partial charge in [-0.2, -0.15) is 5.10 Å². The molecule has 0 bridgehead atoms. The molecule has 0 radical (unpaired) electrons. The van der Waals surface area contributed by atoms with E-state index in [0.717, 1.165) is 28.7 Å². The van der Waals surface area contributed by atoms with Gasteiger partial charge in [0.25, 0.3) is 0 Å². The number of rotatable bonds is 5. The van der Waals surface area contributed by atoms with Crippen molar-refractivity contribution in [1.82, 2.24) is 15.1 Å². The molecule has 112 valence electrons. The number of fused-ring (bicyclic) bond motifs is 1. The van der Waals surface area contributed by atoms with Gasteiger partial charge in [0.2, 0.25) is 5.91 Å². The Labute approximate surface area is 128 Å². The predicted octanol–water partition coefficient (Wildman–Crippen LogP) is 1.77. The van der Waals surface area contributed by atoms with Gasteiger partial charge in [0, 0.05) is 18.1 Å². The van der Waals surface area contributed by atoms with E-state index in [1.165, 1.54) is 5.56 Å². The van der Waals surface area contributed by atoms with Crippen molar-refractivity contribution in [2.75, 3.05) is 7.05 Å². The summed E-state index contributed by atoms with van der Waals surface area (Å²) in [7, 11) is 1.92. The number of nitrogens with zero attached hydrogens (tertiary/aromatic N) is 2. The molecule has 2 aromatic carbocycles. The lowest BCUT2D eigenvalue weighted by Gasteiger charge is -2.04. The Balaban J connectivity index is 2.05. The highest BCUT2D eigenvalue weighted by Crippen LogP contribution is 2.20. The van der Waals surface area contributed by atoms with Gasteiger partial charge in [-0.05, 0) is 30.3 Å². The number of hydrogen-bond donors (Lipinski definition) is 2. The van der Waals surface area contributed by atoms with Crippen LogP contribution in [0.15, 0.2) is 48.7 Å². The Morgan fingerprint density at radius 1 is 1.27 bits per heavy atom. The first kappa shape index (κ1) is 14.3. The zero-order valence-corrected chi connectivity index (χ0v) is 12.4. The third-order valence-electron chi connectivity index (χ3n) is 3.54. The van der Waals surface area contributed by atoms with Crippen LogP contribution >= 0.6 is 0 Å². The maximum absolute atomic E-state index is 11.2. The van der Waals surface area contributed by atoms with Crippen LogP contribution in [0.25, 0.3) is 16.6 Å². The van der Waals surface area contributed by atoms with Crippen LogP contribution in [0, 0.1) is 0 Å². The second-order valence-corrected chi connectivity index (χ2v) is 5.27. The van der Waals surface area contributed by atoms with E-state index in [2.05, 4.69) is 22.5 Å². The molecule has 5 nitrogen and oxygen atoms in total. The summed E-state index contributed by atoms with van der Waals surface area (Å²) in [4.78, 5) is 11.2. The van der Waals surface area contributed by atoms with E-state index < -0.39 is 0 Å². The molecule has 5 heteroatoms. The Kier molecular flexibility index (Phi) is 3.89. The summed E-state index contributed by atoms with van der Waals surface area (Å²) in [5.74, 6) is -0.349. The van der Waals surface area contributed by atoms with Crippen LogP contribution in [0.2, 0.25) is 0 Å². The van der Waals surface area contributed by atoms with Crippen LogP contribution in [-0.2, 0) is 17.8 Å². The number of nitrogens with one attached hydrogen (secondary N) is 1. The lowest BCUT2D eigenvalue weighted by atomic mass is 10.1. The van der Waals surface area contributed by atoms with Crippen molar-refractivity contribution in [1.29, 1.82) is 0 Å². The topological polar surface area (TPSA) is 72.9 Å². The fourth-order valence-corrected chi connectivity index (χ4v) is 2.58. The van der Waals surface area contributed by atoms with Gasteiger partial charge in [0.05, 0.1) is 17.6 Å². The van der Waals surface area contributed by atoms with E-state index in [1.807, 2.05) is 48.3 Å². The average Bonchev–Trinajstić information content (AvgIpc) is 2.93. The lowest BCUT2D eigenvalue weighted by Crippen LogP contribution is -2.13. The summed E-state index contributed by atoms with van der Waals surface area (Å²) in [5.41, 5.74) is 9.17. The van der Waals surface area contributed by atoms with Gasteiger partial charge < -0.3 is 11.1 Å². The molecule has 0 atom stereocenters. The average molecular weight is 294 g/mol. The van der Waals surface area contributed by atoms with Crippen molar-refractivity contribution in [2.24, 2.45) is 5.73 Å². The third-order valence-corrected chi connectivity index (χ3v) is 3.54. The smallest absolute Gasteiger partial charge is 0.221 e. The molecule has 22 heavy (non-hydrogen) atoms. The molecule has 0 saturated heterocycles. The Morgan fingerprint density at radius 2 is 2.09 bits per heavy atom. The number of primary amides is 1. The van der Waals surface area contributed by atoms with Gasteiger partial charge in [0.15, 0.2) is 0 Å². The van der Waals surface area contributed by atoms with Crippen LogP contribution in [0.5, 0.6) is 0 Å². The van der Waals surface area contributed by atoms with Crippen molar-refractivity contribution in [3.63, 3.8) is 0 Å². The number of carbonyl (C=O) groups is 1. The number of nitrogens with two attached hydrogens (primary N) is 1. The van der Waals surface area contributed by atoms with Gasteiger partial charge in [-0.1, -0.05) is 30.3 Å². The van der Waals surface area contributed by atoms with Gasteiger partial charge >= 0.3 is 0 Å². The predicted molar refractivity (Wildman–Crippen MR) is 86.7 cm³/mol. The van der Waals surface area contributed by atoms with Crippen molar-refractivity contribution in [3.8, 4) is 5.69 Å². The Bertz CT molecular complexity index is 822. The van der Waals surface area contributed by atoms with E-state index in [9.17, 15) is 4.79 Å². The fraction of sp³-hybridized carbons (Fsp3) is 0.176. The number of aromatic nitrogens is 2. The van der Waals surface area contributed by atoms with Crippen LogP contribution in [-0.4, -0.2) is 22.7 Å². The third kappa shape index (κ3) is 2.84. The maximum Gasteiger partial charge on any atom is 0.221 e. The lowest BCUT2D eigenvalue weighted by molar-refractivity contribution is -0.117. The monoisotopic (exact) mass is 294 g/mol. The molecule has 3 aromatic rings. The van der Waals surface area contributed by atoms with Gasteiger partial charge in [-0.3, -0.25) is 4.79 Å². The minimum atomic E-state index is -0.349. The zero-order valence-electron chi connectivity index (χ0n) is 12.4. The minimum absolute atomic E-state index is 0.203. The number of amides is 1. The van der Waals surface area contributed by atoms with E-state index >= 15 is 0 Å². The molecule has 3 rings (SSSR count). The summed E-state index contributed by atoms with van der Waals surface area (Å²) >= 11 is 0. The van der Waals surface area contributed by atoms with Crippen molar-refractivity contribution in [3.05, 3.63) is 59.8 Å². The van der Waals surface area contributed by atoms with Crippen LogP contribution in [0.3, 0.4) is 0 Å². The molecule has 0 unspecified atom stereocenters. The highest BCUT2D eigenvalue weighted by molar-refractivity contribution is 5.87. The first-order valence-corrected chi connectivity index (χ1v) is 7.17. The molecule has 1 heterocycles. The summed E-state index contributed by atoms with van der Waals surface area (Å²) < 4.78 is 1.84. The van der Waals surface area contributed by atoms with E-state index in [1.54, 1.807) is 0 Å². The zero-order chi connectivity index (χ0) is 15.5. The molecule has 1 amide bonds. The standard InChI is InChI=1S/C17H18N4O/c1-19-10-12-4-2-7-15(8-12)21-11-14-6-3-5-13(9-16(18)22)17(14)20-21/h2-8,11,19H,9-10H2,1H3,(H2,18,22). The van der Waals surface area contributed by atoms with Crippen molar-refractivity contribution in [2.45, 2.75) is 13.0 Å². The highest BCUT2D eigenvalue weighted by atomic mass is 16.1. The second-order valence-electron chi connectivity index (χ2n) is 5.27. The second kappa shape index (κ2) is 5.99. The van der Waals surface area contributed by atoms with E-state index in [0.29, 0.717) is 0 Å². The number of hydrogen-bond acceptors (Lipinski definition) is 3. The van der Waals surface area contributed by atoms with Crippen molar-refractivity contribution < 1.29 is 4.79 Å². The fourth-order valence-electron chi connectivity index (χ4n) is 2.58. The quantitative estimate of drug-likeness (QED) is 0.753. The first-order chi connectivity index (χ1) is 10.7. The maximum atomic E-state index is 11.2. The molecular formula is C17H18N4O. The van der Waals surface area contributed by atoms with E-state index in [-0.39, 0.29) is 12.3 Å². The highest BCUT2D eigenvalue weighted by Gasteiger charge is 2.09. The Morgan fingerprint density at radius 3 is 2.86 bits per heavy atom. The summed E-state index contributed by atoms with van der Waals surface area (Å²) in [6.45, 7) is 0.807. The van der Waals surface area contributed by atoms with Crippen LogP contribution in [0.4, 0.5) is 0 Å². The largest absolute Gasteiger partial charge is 0.369 e. The van der Waals surface area contributed by atoms with E-state index in [4.69, 9.17) is 5.73 Å². The van der Waals surface area contributed by atoms with Gasteiger partial charge in [-0.25, -0.2) is 4.68 Å². The molecule has 0 aliphatic heterocycles. The Hall–Kier alpha value is -2.66.